The molecule has 0 spiro atoms. The Kier molecular flexibility index (Phi) is 4.89. The third-order valence-corrected chi connectivity index (χ3v) is 6.90. The van der Waals surface area contributed by atoms with Crippen molar-refractivity contribution in [2.24, 2.45) is 7.05 Å². The highest BCUT2D eigenvalue weighted by molar-refractivity contribution is 7.98. The smallest absolute Gasteiger partial charge is 0.262 e. The number of aromatic nitrogens is 3. The first-order valence-electron chi connectivity index (χ1n) is 7.54. The predicted molar refractivity (Wildman–Crippen MR) is 100 cm³/mol. The van der Waals surface area contributed by atoms with Gasteiger partial charge in [0.25, 0.3) is 5.56 Å². The molecule has 0 saturated heterocycles. The number of thiophene rings is 1. The van der Waals surface area contributed by atoms with Gasteiger partial charge in [0.15, 0.2) is 5.16 Å². The second-order valence-electron chi connectivity index (χ2n) is 5.49. The van der Waals surface area contributed by atoms with Gasteiger partial charge in [-0.05, 0) is 32.3 Å². The van der Waals surface area contributed by atoms with E-state index in [-0.39, 0.29) is 5.56 Å². The Labute approximate surface area is 147 Å². The lowest BCUT2D eigenvalue weighted by molar-refractivity contribution is 0.727. The fraction of sp³-hybridized carbons (Fsp3) is 0.438. The molecule has 0 N–H and O–H groups in total. The van der Waals surface area contributed by atoms with Crippen LogP contribution in [0.15, 0.2) is 15.3 Å². The van der Waals surface area contributed by atoms with Gasteiger partial charge in [0.05, 0.1) is 16.1 Å². The highest BCUT2D eigenvalue weighted by atomic mass is 32.2. The molecule has 0 atom stereocenters. The minimum Gasteiger partial charge on any atom is -0.290 e. The fourth-order valence-electron chi connectivity index (χ4n) is 2.37. The molecule has 0 fully saturated rings. The summed E-state index contributed by atoms with van der Waals surface area (Å²) in [5.74, 6) is 0.745. The normalized spacial score (nSPS) is 11.5. The van der Waals surface area contributed by atoms with Gasteiger partial charge in [0.2, 0.25) is 0 Å². The molecule has 0 saturated carbocycles. The van der Waals surface area contributed by atoms with Crippen LogP contribution in [-0.4, -0.2) is 14.5 Å². The van der Waals surface area contributed by atoms with Crippen molar-refractivity contribution in [3.63, 3.8) is 0 Å². The lowest BCUT2D eigenvalue weighted by Crippen LogP contribution is -2.19. The quantitative estimate of drug-likeness (QED) is 0.499. The number of aryl methyl sites for hydroxylation is 3. The van der Waals surface area contributed by atoms with E-state index in [1.165, 1.54) is 5.01 Å². The number of hydrogen-bond acceptors (Lipinski definition) is 6. The molecule has 0 unspecified atom stereocenters. The van der Waals surface area contributed by atoms with E-state index in [1.54, 1.807) is 46.1 Å². The second kappa shape index (κ2) is 6.75. The molecule has 23 heavy (non-hydrogen) atoms. The summed E-state index contributed by atoms with van der Waals surface area (Å²) in [7, 11) is 1.80. The molecular formula is C16H19N3OS3. The van der Waals surface area contributed by atoms with Crippen molar-refractivity contribution in [3.05, 3.63) is 36.9 Å². The maximum absolute atomic E-state index is 12.6. The van der Waals surface area contributed by atoms with Crippen LogP contribution >= 0.6 is 34.4 Å². The van der Waals surface area contributed by atoms with Gasteiger partial charge in [0.1, 0.15) is 4.83 Å². The van der Waals surface area contributed by atoms with Crippen LogP contribution in [0.1, 0.15) is 34.5 Å². The van der Waals surface area contributed by atoms with Gasteiger partial charge < -0.3 is 0 Å². The summed E-state index contributed by atoms with van der Waals surface area (Å²) in [6.07, 6.45) is 2.15. The fourth-order valence-corrected chi connectivity index (χ4v) is 5.31. The minimum atomic E-state index is 0.0456. The van der Waals surface area contributed by atoms with Gasteiger partial charge >= 0.3 is 0 Å². The predicted octanol–water partition coefficient (Wildman–Crippen LogP) is 4.31. The van der Waals surface area contributed by atoms with Crippen LogP contribution in [0.2, 0.25) is 0 Å². The summed E-state index contributed by atoms with van der Waals surface area (Å²) in [5.41, 5.74) is 2.17. The van der Waals surface area contributed by atoms with Crippen LogP contribution in [0, 0.1) is 13.8 Å². The number of hydrogen-bond donors (Lipinski definition) is 0. The van der Waals surface area contributed by atoms with E-state index < -0.39 is 0 Å². The Hall–Kier alpha value is -1.18. The summed E-state index contributed by atoms with van der Waals surface area (Å²) < 4.78 is 1.66. The van der Waals surface area contributed by atoms with Crippen LogP contribution in [0.3, 0.4) is 0 Å². The van der Waals surface area contributed by atoms with E-state index in [1.807, 2.05) is 13.8 Å². The zero-order valence-electron chi connectivity index (χ0n) is 13.7. The number of rotatable bonds is 5. The average molecular weight is 366 g/mol. The standard InChI is InChI=1S/C16H19N3OS3/c1-5-6-12-17-11(7-21-12)8-22-16-18-14-13(15(20)19(16)4)9(2)10(3)23-14/h7H,5-6,8H2,1-4H3. The molecule has 0 aromatic carbocycles. The van der Waals surface area contributed by atoms with Crippen LogP contribution in [0.5, 0.6) is 0 Å². The summed E-state index contributed by atoms with van der Waals surface area (Å²) in [6.45, 7) is 6.20. The second-order valence-corrected chi connectivity index (χ2v) is 8.58. The molecule has 122 valence electrons. The van der Waals surface area contributed by atoms with Crippen LogP contribution in [0.4, 0.5) is 0 Å². The number of thiazole rings is 1. The van der Waals surface area contributed by atoms with Gasteiger partial charge in [-0.3, -0.25) is 9.36 Å². The first kappa shape index (κ1) is 16.7. The van der Waals surface area contributed by atoms with E-state index in [4.69, 9.17) is 4.98 Å². The largest absolute Gasteiger partial charge is 0.290 e. The number of fused-ring (bicyclic) bond motifs is 1. The minimum absolute atomic E-state index is 0.0456. The highest BCUT2D eigenvalue weighted by Gasteiger charge is 2.15. The third-order valence-electron chi connectivity index (χ3n) is 3.78. The maximum Gasteiger partial charge on any atom is 0.262 e. The van der Waals surface area contributed by atoms with Crippen molar-refractivity contribution < 1.29 is 0 Å². The van der Waals surface area contributed by atoms with Gasteiger partial charge in [-0.15, -0.1) is 22.7 Å². The van der Waals surface area contributed by atoms with E-state index in [2.05, 4.69) is 17.3 Å². The Morgan fingerprint density at radius 1 is 1.30 bits per heavy atom. The lowest BCUT2D eigenvalue weighted by atomic mass is 10.2. The zero-order chi connectivity index (χ0) is 16.6. The van der Waals surface area contributed by atoms with E-state index >= 15 is 0 Å². The molecule has 3 heterocycles. The summed E-state index contributed by atoms with van der Waals surface area (Å²) in [4.78, 5) is 23.9. The number of thioether (sulfide) groups is 1. The number of nitrogens with zero attached hydrogens (tertiary/aromatic N) is 3. The molecule has 0 aliphatic heterocycles. The third kappa shape index (κ3) is 3.22. The van der Waals surface area contributed by atoms with Crippen molar-refractivity contribution >= 4 is 44.7 Å². The first-order chi connectivity index (χ1) is 11.0. The Bertz CT molecular complexity index is 907. The molecule has 3 rings (SSSR count). The molecule has 0 radical (unpaired) electrons. The molecule has 0 amide bonds. The van der Waals surface area contributed by atoms with Crippen LogP contribution < -0.4 is 5.56 Å². The van der Waals surface area contributed by atoms with Gasteiger partial charge in [-0.25, -0.2) is 9.97 Å². The molecule has 7 heteroatoms. The molecule has 0 bridgehead atoms. The van der Waals surface area contributed by atoms with Crippen molar-refractivity contribution in [1.29, 1.82) is 0 Å². The average Bonchev–Trinajstić information content (AvgIpc) is 3.07. The Balaban J connectivity index is 1.88. The zero-order valence-corrected chi connectivity index (χ0v) is 16.1. The van der Waals surface area contributed by atoms with Crippen LogP contribution in [0.25, 0.3) is 10.2 Å². The summed E-state index contributed by atoms with van der Waals surface area (Å²) in [5, 5.41) is 4.81. The molecule has 3 aromatic heterocycles. The molecule has 3 aromatic rings. The van der Waals surface area contributed by atoms with E-state index in [0.29, 0.717) is 0 Å². The van der Waals surface area contributed by atoms with E-state index in [0.717, 1.165) is 50.1 Å². The van der Waals surface area contributed by atoms with Crippen molar-refractivity contribution in [2.75, 3.05) is 0 Å². The van der Waals surface area contributed by atoms with Crippen LogP contribution in [-0.2, 0) is 19.2 Å². The van der Waals surface area contributed by atoms with Gasteiger partial charge in [-0.2, -0.15) is 0 Å². The maximum atomic E-state index is 12.6. The first-order valence-corrected chi connectivity index (χ1v) is 10.2. The molecule has 4 nitrogen and oxygen atoms in total. The highest BCUT2D eigenvalue weighted by Crippen LogP contribution is 2.29. The van der Waals surface area contributed by atoms with Crippen molar-refractivity contribution in [2.45, 2.75) is 44.5 Å². The Morgan fingerprint density at radius 2 is 2.09 bits per heavy atom. The van der Waals surface area contributed by atoms with E-state index in [9.17, 15) is 4.79 Å². The van der Waals surface area contributed by atoms with Gasteiger partial charge in [0, 0.05) is 23.1 Å². The van der Waals surface area contributed by atoms with Gasteiger partial charge in [-0.1, -0.05) is 18.7 Å². The summed E-state index contributed by atoms with van der Waals surface area (Å²) in [6, 6.07) is 0. The van der Waals surface area contributed by atoms with Crippen molar-refractivity contribution in [3.8, 4) is 0 Å². The Morgan fingerprint density at radius 3 is 2.83 bits per heavy atom. The lowest BCUT2D eigenvalue weighted by Gasteiger charge is -2.06. The topological polar surface area (TPSA) is 47.8 Å². The monoisotopic (exact) mass is 365 g/mol. The molecule has 0 aliphatic rings. The SMILES string of the molecule is CCCc1nc(CSc2nc3sc(C)c(C)c3c(=O)n2C)cs1. The molecule has 0 aliphatic carbocycles. The van der Waals surface area contributed by atoms with Crippen molar-refractivity contribution in [1.82, 2.24) is 14.5 Å². The molecular weight excluding hydrogens is 346 g/mol. The summed E-state index contributed by atoms with van der Waals surface area (Å²) >= 11 is 4.89.